The molecule has 1 aromatic heterocycles. The van der Waals surface area contributed by atoms with Crippen molar-refractivity contribution in [1.82, 2.24) is 0 Å². The van der Waals surface area contributed by atoms with Gasteiger partial charge >= 0.3 is 5.97 Å². The number of non-ortho nitro benzene ring substituents is 1. The van der Waals surface area contributed by atoms with Gasteiger partial charge in [-0.3, -0.25) is 10.1 Å². The molecule has 3 aromatic rings. The summed E-state index contributed by atoms with van der Waals surface area (Å²) in [6.07, 6.45) is 0. The summed E-state index contributed by atoms with van der Waals surface area (Å²) >= 11 is 0. The average Bonchev–Trinajstić information content (AvgIpc) is 3.17. The third kappa shape index (κ3) is 4.41. The van der Waals surface area contributed by atoms with Crippen molar-refractivity contribution < 1.29 is 18.9 Å². The number of hydrogen-bond acceptors (Lipinski definition) is 5. The molecule has 0 aliphatic carbocycles. The van der Waals surface area contributed by atoms with Crippen molar-refractivity contribution in [3.05, 3.63) is 87.7 Å². The van der Waals surface area contributed by atoms with Gasteiger partial charge in [-0.2, -0.15) is 0 Å². The topological polar surface area (TPSA) is 82.6 Å². The van der Waals surface area contributed by atoms with E-state index in [4.69, 9.17) is 9.15 Å². The lowest BCUT2D eigenvalue weighted by Crippen LogP contribution is -2.04. The summed E-state index contributed by atoms with van der Waals surface area (Å²) in [6, 6.07) is 17.0. The van der Waals surface area contributed by atoms with Crippen LogP contribution in [0, 0.1) is 10.1 Å². The molecule has 0 saturated carbocycles. The first-order chi connectivity index (χ1) is 12.9. The van der Waals surface area contributed by atoms with Crippen LogP contribution in [-0.2, 0) is 11.3 Å². The molecule has 2 aromatic carbocycles. The van der Waals surface area contributed by atoms with Crippen molar-refractivity contribution in [1.29, 1.82) is 0 Å². The number of nitro benzene ring substituents is 1. The fraction of sp³-hybridized carbons (Fsp3) is 0.190. The zero-order valence-electron chi connectivity index (χ0n) is 15.0. The second kappa shape index (κ2) is 7.86. The minimum absolute atomic E-state index is 0.00609. The van der Waals surface area contributed by atoms with E-state index in [0.29, 0.717) is 17.2 Å². The maximum absolute atomic E-state index is 12.2. The van der Waals surface area contributed by atoms with Crippen LogP contribution in [0.15, 0.2) is 65.1 Å². The summed E-state index contributed by atoms with van der Waals surface area (Å²) in [6.45, 7) is 4.40. The van der Waals surface area contributed by atoms with Crippen molar-refractivity contribution in [2.45, 2.75) is 26.4 Å². The van der Waals surface area contributed by atoms with Gasteiger partial charge in [0.25, 0.3) is 5.69 Å². The number of carbonyl (C=O) groups excluding carboxylic acids is 1. The first-order valence-electron chi connectivity index (χ1n) is 8.54. The SMILES string of the molecule is CC(C)c1ccc(COC(=O)c2ccc(-c3ccc([N+](=O)[O-])cc3)o2)cc1. The first-order valence-corrected chi connectivity index (χ1v) is 8.54. The summed E-state index contributed by atoms with van der Waals surface area (Å²) in [7, 11) is 0. The third-order valence-electron chi connectivity index (χ3n) is 4.19. The number of ether oxygens (including phenoxy) is 1. The second-order valence-corrected chi connectivity index (χ2v) is 6.44. The molecule has 6 heteroatoms. The molecule has 0 spiro atoms. The third-order valence-corrected chi connectivity index (χ3v) is 4.19. The second-order valence-electron chi connectivity index (χ2n) is 6.44. The highest BCUT2D eigenvalue weighted by Crippen LogP contribution is 2.25. The molecule has 0 bridgehead atoms. The Morgan fingerprint density at radius 3 is 2.30 bits per heavy atom. The zero-order chi connectivity index (χ0) is 19.4. The highest BCUT2D eigenvalue weighted by Gasteiger charge is 2.15. The number of rotatable bonds is 6. The van der Waals surface area contributed by atoms with Gasteiger partial charge in [-0.05, 0) is 41.3 Å². The Bertz CT molecular complexity index is 939. The molecular weight excluding hydrogens is 346 g/mol. The first kappa shape index (κ1) is 18.4. The van der Waals surface area contributed by atoms with Crippen LogP contribution in [-0.4, -0.2) is 10.9 Å². The van der Waals surface area contributed by atoms with Crippen LogP contribution in [0.25, 0.3) is 11.3 Å². The van der Waals surface area contributed by atoms with E-state index in [1.54, 1.807) is 18.2 Å². The number of esters is 1. The average molecular weight is 365 g/mol. The Labute approximate surface area is 156 Å². The fourth-order valence-electron chi connectivity index (χ4n) is 2.57. The fourth-order valence-corrected chi connectivity index (χ4v) is 2.57. The van der Waals surface area contributed by atoms with E-state index in [1.807, 2.05) is 24.3 Å². The van der Waals surface area contributed by atoms with Gasteiger partial charge in [0.1, 0.15) is 12.4 Å². The van der Waals surface area contributed by atoms with Crippen LogP contribution in [0.5, 0.6) is 0 Å². The van der Waals surface area contributed by atoms with Gasteiger partial charge in [-0.15, -0.1) is 0 Å². The number of nitrogens with zero attached hydrogens (tertiary/aromatic N) is 1. The number of nitro groups is 1. The van der Waals surface area contributed by atoms with Crippen LogP contribution >= 0.6 is 0 Å². The van der Waals surface area contributed by atoms with Crippen LogP contribution in [0.3, 0.4) is 0 Å². The maximum Gasteiger partial charge on any atom is 0.374 e. The Kier molecular flexibility index (Phi) is 5.35. The van der Waals surface area contributed by atoms with E-state index in [1.165, 1.54) is 23.8 Å². The molecule has 1 heterocycles. The standard InChI is InChI=1S/C21H19NO5/c1-14(2)16-5-3-15(4-6-16)13-26-21(23)20-12-11-19(27-20)17-7-9-18(10-8-17)22(24)25/h3-12,14H,13H2,1-2H3. The van der Waals surface area contributed by atoms with Crippen molar-refractivity contribution in [2.75, 3.05) is 0 Å². The molecular formula is C21H19NO5. The number of benzene rings is 2. The van der Waals surface area contributed by atoms with Crippen LogP contribution in [0.1, 0.15) is 41.4 Å². The van der Waals surface area contributed by atoms with Crippen LogP contribution < -0.4 is 0 Å². The molecule has 27 heavy (non-hydrogen) atoms. The van der Waals surface area contributed by atoms with Gasteiger partial charge in [0, 0.05) is 17.7 Å². The highest BCUT2D eigenvalue weighted by molar-refractivity contribution is 5.87. The lowest BCUT2D eigenvalue weighted by Gasteiger charge is -2.07. The lowest BCUT2D eigenvalue weighted by atomic mass is 10.0. The number of hydrogen-bond donors (Lipinski definition) is 0. The van der Waals surface area contributed by atoms with E-state index in [0.717, 1.165) is 5.56 Å². The predicted octanol–water partition coefficient (Wildman–Crippen LogP) is 5.34. The minimum atomic E-state index is -0.559. The van der Waals surface area contributed by atoms with Gasteiger partial charge < -0.3 is 9.15 Å². The molecule has 0 fully saturated rings. The lowest BCUT2D eigenvalue weighted by molar-refractivity contribution is -0.384. The molecule has 0 saturated heterocycles. The Morgan fingerprint density at radius 2 is 1.70 bits per heavy atom. The van der Waals surface area contributed by atoms with Gasteiger partial charge in [0.05, 0.1) is 4.92 Å². The van der Waals surface area contributed by atoms with E-state index >= 15 is 0 Å². The Morgan fingerprint density at radius 1 is 1.04 bits per heavy atom. The van der Waals surface area contributed by atoms with E-state index in [2.05, 4.69) is 13.8 Å². The van der Waals surface area contributed by atoms with E-state index < -0.39 is 10.9 Å². The highest BCUT2D eigenvalue weighted by atomic mass is 16.6. The summed E-state index contributed by atoms with van der Waals surface area (Å²) in [4.78, 5) is 22.4. The monoisotopic (exact) mass is 365 g/mol. The quantitative estimate of drug-likeness (QED) is 0.335. The van der Waals surface area contributed by atoms with Crippen molar-refractivity contribution >= 4 is 11.7 Å². The molecule has 138 valence electrons. The molecule has 0 radical (unpaired) electrons. The number of furan rings is 1. The smallest absolute Gasteiger partial charge is 0.374 e. The number of carbonyl (C=O) groups is 1. The summed E-state index contributed by atoms with van der Waals surface area (Å²) in [5.41, 5.74) is 2.76. The van der Waals surface area contributed by atoms with Gasteiger partial charge in [-0.1, -0.05) is 38.1 Å². The molecule has 0 unspecified atom stereocenters. The van der Waals surface area contributed by atoms with Crippen LogP contribution in [0.4, 0.5) is 5.69 Å². The largest absolute Gasteiger partial charge is 0.455 e. The molecule has 0 amide bonds. The van der Waals surface area contributed by atoms with Gasteiger partial charge in [0.2, 0.25) is 5.76 Å². The van der Waals surface area contributed by atoms with E-state index in [-0.39, 0.29) is 18.1 Å². The summed E-state index contributed by atoms with van der Waals surface area (Å²) < 4.78 is 10.8. The van der Waals surface area contributed by atoms with Crippen molar-refractivity contribution in [3.63, 3.8) is 0 Å². The van der Waals surface area contributed by atoms with Gasteiger partial charge in [-0.25, -0.2) is 4.79 Å². The molecule has 0 aliphatic rings. The van der Waals surface area contributed by atoms with Crippen molar-refractivity contribution in [2.24, 2.45) is 0 Å². The Balaban J connectivity index is 1.63. The summed E-state index contributed by atoms with van der Waals surface area (Å²) in [5.74, 6) is 0.416. The molecule has 3 rings (SSSR count). The zero-order valence-corrected chi connectivity index (χ0v) is 15.0. The molecule has 0 aliphatic heterocycles. The van der Waals surface area contributed by atoms with Crippen molar-refractivity contribution in [3.8, 4) is 11.3 Å². The Hall–Kier alpha value is -3.41. The van der Waals surface area contributed by atoms with Crippen LogP contribution in [0.2, 0.25) is 0 Å². The summed E-state index contributed by atoms with van der Waals surface area (Å²) in [5, 5.41) is 10.7. The molecule has 0 atom stereocenters. The normalized spacial score (nSPS) is 10.8. The molecule has 6 nitrogen and oxygen atoms in total. The van der Waals surface area contributed by atoms with Gasteiger partial charge in [0.15, 0.2) is 0 Å². The molecule has 0 N–H and O–H groups in total. The predicted molar refractivity (Wildman–Crippen MR) is 100 cm³/mol. The minimum Gasteiger partial charge on any atom is -0.455 e. The van der Waals surface area contributed by atoms with E-state index in [9.17, 15) is 14.9 Å². The maximum atomic E-state index is 12.2.